The first kappa shape index (κ1) is 22.6. The number of allylic oxidation sites excluding steroid dienone is 1. The molecule has 1 saturated carbocycles. The molecule has 9 heteroatoms. The largest absolute Gasteiger partial charge is 0.391 e. The van der Waals surface area contributed by atoms with Crippen LogP contribution in [0, 0.1) is 8.99 Å². The van der Waals surface area contributed by atoms with Gasteiger partial charge in [0.15, 0.2) is 0 Å². The lowest BCUT2D eigenvalue weighted by molar-refractivity contribution is -0.153. The minimum Gasteiger partial charge on any atom is -0.371 e. The topological polar surface area (TPSA) is 45.1 Å². The van der Waals surface area contributed by atoms with E-state index in [0.29, 0.717) is 16.7 Å². The average molecular weight is 547 g/mol. The van der Waals surface area contributed by atoms with E-state index in [4.69, 9.17) is 4.74 Å². The van der Waals surface area contributed by atoms with Crippen LogP contribution in [0.2, 0.25) is 0 Å². The second kappa shape index (κ2) is 8.73. The number of rotatable bonds is 5. The highest BCUT2D eigenvalue weighted by molar-refractivity contribution is 14.1. The van der Waals surface area contributed by atoms with Gasteiger partial charge in [-0.1, -0.05) is 0 Å². The van der Waals surface area contributed by atoms with E-state index in [1.807, 2.05) is 12.1 Å². The molecule has 2 fully saturated rings. The van der Waals surface area contributed by atoms with Crippen molar-refractivity contribution in [2.24, 2.45) is 10.4 Å². The third-order valence-electron chi connectivity index (χ3n) is 6.23. The summed E-state index contributed by atoms with van der Waals surface area (Å²) in [7, 11) is 0. The van der Waals surface area contributed by atoms with Crippen molar-refractivity contribution in [1.29, 1.82) is 0 Å². The highest BCUT2D eigenvalue weighted by Gasteiger charge is 2.44. The molecular formula is C22H25F3IN3O2. The Morgan fingerprint density at radius 3 is 2.61 bits per heavy atom. The normalized spacial score (nSPS) is 22.6. The molecule has 1 aromatic carbocycles. The molecular weight excluding hydrogens is 522 g/mol. The molecule has 0 N–H and O–H groups in total. The van der Waals surface area contributed by atoms with Crippen LogP contribution in [0.25, 0.3) is 0 Å². The van der Waals surface area contributed by atoms with Gasteiger partial charge in [0.2, 0.25) is 6.35 Å². The van der Waals surface area contributed by atoms with Crippen molar-refractivity contribution >= 4 is 39.9 Å². The van der Waals surface area contributed by atoms with E-state index in [2.05, 4.69) is 32.5 Å². The molecule has 1 saturated heterocycles. The number of piperidine rings is 1. The number of anilines is 1. The molecule has 2 heterocycles. The molecule has 1 spiro atoms. The molecule has 0 aromatic heterocycles. The summed E-state index contributed by atoms with van der Waals surface area (Å²) in [6, 6.07) is 5.65. The summed E-state index contributed by atoms with van der Waals surface area (Å²) >= 11 is 2.23. The van der Waals surface area contributed by atoms with Gasteiger partial charge in [-0.3, -0.25) is 9.69 Å². The van der Waals surface area contributed by atoms with Crippen LogP contribution in [0.5, 0.6) is 0 Å². The lowest BCUT2D eigenvalue weighted by Gasteiger charge is -2.36. The second-order valence-electron chi connectivity index (χ2n) is 8.51. The van der Waals surface area contributed by atoms with E-state index in [0.717, 1.165) is 35.2 Å². The van der Waals surface area contributed by atoms with E-state index in [9.17, 15) is 18.0 Å². The van der Waals surface area contributed by atoms with Gasteiger partial charge >= 0.3 is 6.18 Å². The first-order chi connectivity index (χ1) is 14.7. The third kappa shape index (κ3) is 5.42. The number of benzene rings is 1. The number of aliphatic imine (C=N–C) groups is 1. The minimum absolute atomic E-state index is 0.331. The Morgan fingerprint density at radius 2 is 1.97 bits per heavy atom. The number of nitrogens with zero attached hydrogens (tertiary/aromatic N) is 3. The molecule has 168 valence electrons. The van der Waals surface area contributed by atoms with Crippen LogP contribution in [0.15, 0.2) is 35.5 Å². The smallest absolute Gasteiger partial charge is 0.371 e. The molecule has 4 rings (SSSR count). The fourth-order valence-corrected chi connectivity index (χ4v) is 4.57. The van der Waals surface area contributed by atoms with Gasteiger partial charge in [0.05, 0.1) is 24.3 Å². The number of carbonyl (C=O) groups is 1. The molecule has 1 aromatic rings. The molecule has 2 aliphatic heterocycles. The fourth-order valence-electron chi connectivity index (χ4n) is 4.09. The van der Waals surface area contributed by atoms with Gasteiger partial charge in [0, 0.05) is 28.6 Å². The lowest BCUT2D eigenvalue weighted by Crippen LogP contribution is -2.41. The van der Waals surface area contributed by atoms with Gasteiger partial charge in [-0.2, -0.15) is 13.2 Å². The summed E-state index contributed by atoms with van der Waals surface area (Å²) < 4.78 is 44.0. The van der Waals surface area contributed by atoms with Gasteiger partial charge < -0.3 is 9.64 Å². The van der Waals surface area contributed by atoms with Crippen LogP contribution in [0.1, 0.15) is 49.4 Å². The fraction of sp³-hybridized carbons (Fsp3) is 0.545. The Labute approximate surface area is 193 Å². The lowest BCUT2D eigenvalue weighted by atomic mass is 9.93. The zero-order valence-corrected chi connectivity index (χ0v) is 19.4. The maximum Gasteiger partial charge on any atom is 0.391 e. The summed E-state index contributed by atoms with van der Waals surface area (Å²) in [5.74, 6) is -0.331. The van der Waals surface area contributed by atoms with E-state index in [-0.39, 0.29) is 5.91 Å². The van der Waals surface area contributed by atoms with Gasteiger partial charge in [0.1, 0.15) is 0 Å². The van der Waals surface area contributed by atoms with Gasteiger partial charge in [-0.25, -0.2) is 4.99 Å². The standard InChI is InChI=1S/C22H25F3IN3O2/c1-15-4-10-29(20(27-15)31-13-9-22(23,24)25)19(30)17-3-2-16(26)14-18(17)28-11-7-21(5-6-21)8-12-28/h2-4,10,14,20H,5-9,11-13H2,1H3. The summed E-state index contributed by atoms with van der Waals surface area (Å²) in [5, 5.41) is 0. The monoisotopic (exact) mass is 547 g/mol. The van der Waals surface area contributed by atoms with E-state index in [1.54, 1.807) is 25.3 Å². The highest BCUT2D eigenvalue weighted by Crippen LogP contribution is 2.54. The summed E-state index contributed by atoms with van der Waals surface area (Å²) in [6.45, 7) is 2.96. The Balaban J connectivity index is 1.54. The maximum atomic E-state index is 13.5. The van der Waals surface area contributed by atoms with Crippen molar-refractivity contribution in [3.05, 3.63) is 39.6 Å². The molecule has 1 amide bonds. The summed E-state index contributed by atoms with van der Waals surface area (Å²) in [4.78, 5) is 21.2. The molecule has 1 unspecified atom stereocenters. The Hall–Kier alpha value is -1.62. The number of carbonyl (C=O) groups excluding carboxylic acids is 1. The number of alkyl halides is 3. The molecule has 3 aliphatic rings. The predicted molar refractivity (Wildman–Crippen MR) is 121 cm³/mol. The van der Waals surface area contributed by atoms with Crippen LogP contribution in [0.3, 0.4) is 0 Å². The summed E-state index contributed by atoms with van der Waals surface area (Å²) in [6.07, 6.45) is 1.53. The quantitative estimate of drug-likeness (QED) is 0.467. The Morgan fingerprint density at radius 1 is 1.26 bits per heavy atom. The van der Waals surface area contributed by atoms with Crippen molar-refractivity contribution < 1.29 is 22.7 Å². The second-order valence-corrected chi connectivity index (χ2v) is 9.76. The summed E-state index contributed by atoms with van der Waals surface area (Å²) in [5.41, 5.74) is 2.48. The first-order valence-electron chi connectivity index (χ1n) is 10.4. The molecule has 0 radical (unpaired) electrons. The van der Waals surface area contributed by atoms with Crippen LogP contribution >= 0.6 is 22.6 Å². The third-order valence-corrected chi connectivity index (χ3v) is 6.90. The van der Waals surface area contributed by atoms with Crippen molar-refractivity contribution in [1.82, 2.24) is 4.90 Å². The number of halogens is 4. The number of ether oxygens (including phenoxy) is 1. The van der Waals surface area contributed by atoms with Crippen LogP contribution < -0.4 is 4.90 Å². The number of hydrogen-bond donors (Lipinski definition) is 0. The number of hydrogen-bond acceptors (Lipinski definition) is 4. The SMILES string of the molecule is CC1=NC(OCCC(F)(F)F)N(C(=O)c2ccc(I)cc2N2CCC3(CC2)CC3)C=C1. The predicted octanol–water partition coefficient (Wildman–Crippen LogP) is 5.35. The zero-order valence-electron chi connectivity index (χ0n) is 17.3. The van der Waals surface area contributed by atoms with Gasteiger partial charge in [-0.15, -0.1) is 0 Å². The van der Waals surface area contributed by atoms with Crippen molar-refractivity contribution in [2.45, 2.75) is 51.6 Å². The van der Waals surface area contributed by atoms with Crippen LogP contribution in [0.4, 0.5) is 18.9 Å². The van der Waals surface area contributed by atoms with E-state index < -0.39 is 25.6 Å². The molecule has 1 aliphatic carbocycles. The van der Waals surface area contributed by atoms with Crippen molar-refractivity contribution in [3.8, 4) is 0 Å². The van der Waals surface area contributed by atoms with Gasteiger partial charge in [0.25, 0.3) is 5.91 Å². The average Bonchev–Trinajstić information content (AvgIpc) is 3.46. The Bertz CT molecular complexity index is 902. The first-order valence-corrected chi connectivity index (χ1v) is 11.5. The van der Waals surface area contributed by atoms with E-state index >= 15 is 0 Å². The van der Waals surface area contributed by atoms with E-state index in [1.165, 1.54) is 17.7 Å². The van der Waals surface area contributed by atoms with Crippen molar-refractivity contribution in [2.75, 3.05) is 24.6 Å². The number of amides is 1. The van der Waals surface area contributed by atoms with Gasteiger partial charge in [-0.05, 0) is 84.9 Å². The molecule has 5 nitrogen and oxygen atoms in total. The maximum absolute atomic E-state index is 13.5. The van der Waals surface area contributed by atoms with Crippen LogP contribution in [-0.4, -0.2) is 48.7 Å². The highest BCUT2D eigenvalue weighted by atomic mass is 127. The Kier molecular flexibility index (Phi) is 6.35. The van der Waals surface area contributed by atoms with Crippen molar-refractivity contribution in [3.63, 3.8) is 0 Å². The van der Waals surface area contributed by atoms with Crippen LogP contribution in [-0.2, 0) is 4.74 Å². The minimum atomic E-state index is -4.32. The molecule has 0 bridgehead atoms. The zero-order chi connectivity index (χ0) is 22.2. The molecule has 31 heavy (non-hydrogen) atoms. The molecule has 1 atom stereocenters.